The van der Waals surface area contributed by atoms with Crippen LogP contribution in [0.2, 0.25) is 0 Å². The summed E-state index contributed by atoms with van der Waals surface area (Å²) in [6, 6.07) is 7.34. The SMILES string of the molecule is CCNc1ccc(C(=O)NCCNC(=O)C2CC2)cc1. The van der Waals surface area contributed by atoms with E-state index in [-0.39, 0.29) is 17.7 Å². The Morgan fingerprint density at radius 3 is 2.35 bits per heavy atom. The van der Waals surface area contributed by atoms with Crippen LogP contribution in [0.4, 0.5) is 5.69 Å². The fraction of sp³-hybridized carbons (Fsp3) is 0.467. The monoisotopic (exact) mass is 275 g/mol. The summed E-state index contributed by atoms with van der Waals surface area (Å²) < 4.78 is 0. The number of anilines is 1. The van der Waals surface area contributed by atoms with Gasteiger partial charge in [-0.2, -0.15) is 0 Å². The number of nitrogens with one attached hydrogen (secondary N) is 3. The summed E-state index contributed by atoms with van der Waals surface area (Å²) in [4.78, 5) is 23.2. The van der Waals surface area contributed by atoms with Crippen LogP contribution in [0.25, 0.3) is 0 Å². The van der Waals surface area contributed by atoms with E-state index in [0.717, 1.165) is 25.1 Å². The third kappa shape index (κ3) is 4.26. The number of hydrogen-bond donors (Lipinski definition) is 3. The van der Waals surface area contributed by atoms with E-state index in [9.17, 15) is 9.59 Å². The fourth-order valence-corrected chi connectivity index (χ4v) is 1.90. The second-order valence-electron chi connectivity index (χ2n) is 4.93. The molecule has 0 aromatic heterocycles. The lowest BCUT2D eigenvalue weighted by Crippen LogP contribution is -2.35. The second kappa shape index (κ2) is 6.93. The van der Waals surface area contributed by atoms with Crippen LogP contribution < -0.4 is 16.0 Å². The van der Waals surface area contributed by atoms with Gasteiger partial charge >= 0.3 is 0 Å². The van der Waals surface area contributed by atoms with Gasteiger partial charge in [0, 0.05) is 36.8 Å². The zero-order valence-corrected chi connectivity index (χ0v) is 11.7. The molecule has 0 radical (unpaired) electrons. The van der Waals surface area contributed by atoms with E-state index in [2.05, 4.69) is 16.0 Å². The van der Waals surface area contributed by atoms with Gasteiger partial charge in [-0.05, 0) is 44.0 Å². The van der Waals surface area contributed by atoms with Crippen LogP contribution in [-0.2, 0) is 4.79 Å². The Balaban J connectivity index is 1.69. The highest BCUT2D eigenvalue weighted by atomic mass is 16.2. The number of rotatable bonds is 7. The first-order valence-electron chi connectivity index (χ1n) is 7.10. The summed E-state index contributed by atoms with van der Waals surface area (Å²) in [6.45, 7) is 3.81. The van der Waals surface area contributed by atoms with Crippen LogP contribution >= 0.6 is 0 Å². The predicted molar refractivity (Wildman–Crippen MR) is 78.7 cm³/mol. The molecule has 1 aliphatic rings. The standard InChI is InChI=1S/C15H21N3O2/c1-2-16-13-7-5-12(6-8-13)15(20)18-10-9-17-14(19)11-3-4-11/h5-8,11,16H,2-4,9-10H2,1H3,(H,17,19)(H,18,20). The quantitative estimate of drug-likeness (QED) is 0.658. The van der Waals surface area contributed by atoms with Gasteiger partial charge in [0.05, 0.1) is 0 Å². The maximum Gasteiger partial charge on any atom is 0.251 e. The minimum Gasteiger partial charge on any atom is -0.385 e. The maximum absolute atomic E-state index is 11.9. The van der Waals surface area contributed by atoms with Crippen molar-refractivity contribution in [3.05, 3.63) is 29.8 Å². The van der Waals surface area contributed by atoms with Crippen molar-refractivity contribution in [3.63, 3.8) is 0 Å². The molecule has 2 amide bonds. The van der Waals surface area contributed by atoms with Gasteiger partial charge in [-0.25, -0.2) is 0 Å². The lowest BCUT2D eigenvalue weighted by Gasteiger charge is -2.08. The highest BCUT2D eigenvalue weighted by Gasteiger charge is 2.28. The van der Waals surface area contributed by atoms with E-state index in [1.165, 1.54) is 0 Å². The molecule has 1 aromatic carbocycles. The minimum atomic E-state index is -0.117. The first-order chi connectivity index (χ1) is 9.70. The lowest BCUT2D eigenvalue weighted by molar-refractivity contribution is -0.122. The van der Waals surface area contributed by atoms with Gasteiger partial charge in [-0.1, -0.05) is 0 Å². The number of amides is 2. The van der Waals surface area contributed by atoms with E-state index in [0.29, 0.717) is 18.7 Å². The van der Waals surface area contributed by atoms with Crippen molar-refractivity contribution in [2.45, 2.75) is 19.8 Å². The maximum atomic E-state index is 11.9. The highest BCUT2D eigenvalue weighted by molar-refractivity contribution is 5.94. The summed E-state index contributed by atoms with van der Waals surface area (Å²) in [5.41, 5.74) is 1.63. The molecule has 0 bridgehead atoms. The second-order valence-corrected chi connectivity index (χ2v) is 4.93. The van der Waals surface area contributed by atoms with Crippen LogP contribution in [-0.4, -0.2) is 31.4 Å². The summed E-state index contributed by atoms with van der Waals surface area (Å²) in [6.07, 6.45) is 1.99. The fourth-order valence-electron chi connectivity index (χ4n) is 1.90. The van der Waals surface area contributed by atoms with Gasteiger partial charge < -0.3 is 16.0 Å². The molecule has 0 unspecified atom stereocenters. The zero-order chi connectivity index (χ0) is 14.4. The molecular weight excluding hydrogens is 254 g/mol. The molecule has 0 spiro atoms. The number of hydrogen-bond acceptors (Lipinski definition) is 3. The molecule has 5 nitrogen and oxygen atoms in total. The van der Waals surface area contributed by atoms with Crippen molar-refractivity contribution in [1.29, 1.82) is 0 Å². The van der Waals surface area contributed by atoms with Crippen molar-refractivity contribution >= 4 is 17.5 Å². The topological polar surface area (TPSA) is 70.2 Å². The normalized spacial score (nSPS) is 13.7. The molecule has 1 aliphatic carbocycles. The molecule has 2 rings (SSSR count). The number of carbonyl (C=O) groups is 2. The lowest BCUT2D eigenvalue weighted by atomic mass is 10.2. The van der Waals surface area contributed by atoms with Gasteiger partial charge in [0.25, 0.3) is 5.91 Å². The molecule has 1 fully saturated rings. The van der Waals surface area contributed by atoms with Gasteiger partial charge in [0.2, 0.25) is 5.91 Å². The summed E-state index contributed by atoms with van der Waals surface area (Å²) >= 11 is 0. The first-order valence-corrected chi connectivity index (χ1v) is 7.10. The molecule has 1 aromatic rings. The van der Waals surface area contributed by atoms with Gasteiger partial charge in [0.1, 0.15) is 0 Å². The average Bonchev–Trinajstić information content (AvgIpc) is 3.29. The summed E-state index contributed by atoms with van der Waals surface area (Å²) in [5.74, 6) is 0.201. The summed E-state index contributed by atoms with van der Waals surface area (Å²) in [5, 5.41) is 8.78. The Kier molecular flexibility index (Phi) is 4.98. The largest absolute Gasteiger partial charge is 0.385 e. The molecule has 0 aliphatic heterocycles. The number of benzene rings is 1. The van der Waals surface area contributed by atoms with Crippen LogP contribution in [0, 0.1) is 5.92 Å². The predicted octanol–water partition coefficient (Wildman–Crippen LogP) is 1.37. The van der Waals surface area contributed by atoms with Crippen molar-refractivity contribution < 1.29 is 9.59 Å². The third-order valence-electron chi connectivity index (χ3n) is 3.19. The summed E-state index contributed by atoms with van der Waals surface area (Å²) in [7, 11) is 0. The van der Waals surface area contributed by atoms with Crippen molar-refractivity contribution in [1.82, 2.24) is 10.6 Å². The average molecular weight is 275 g/mol. The van der Waals surface area contributed by atoms with E-state index in [4.69, 9.17) is 0 Å². The van der Waals surface area contributed by atoms with Crippen LogP contribution in [0.1, 0.15) is 30.1 Å². The third-order valence-corrected chi connectivity index (χ3v) is 3.19. The zero-order valence-electron chi connectivity index (χ0n) is 11.7. The molecule has 1 saturated carbocycles. The Labute approximate surface area is 119 Å². The molecule has 3 N–H and O–H groups in total. The van der Waals surface area contributed by atoms with E-state index in [1.807, 2.05) is 19.1 Å². The highest BCUT2D eigenvalue weighted by Crippen LogP contribution is 2.28. The molecule has 5 heteroatoms. The van der Waals surface area contributed by atoms with E-state index < -0.39 is 0 Å². The van der Waals surface area contributed by atoms with Crippen LogP contribution in [0.15, 0.2) is 24.3 Å². The van der Waals surface area contributed by atoms with Crippen LogP contribution in [0.3, 0.4) is 0 Å². The minimum absolute atomic E-state index is 0.106. The Morgan fingerprint density at radius 2 is 1.75 bits per heavy atom. The van der Waals surface area contributed by atoms with E-state index in [1.54, 1.807) is 12.1 Å². The molecule has 0 atom stereocenters. The van der Waals surface area contributed by atoms with Crippen molar-refractivity contribution in [2.24, 2.45) is 5.92 Å². The van der Waals surface area contributed by atoms with Crippen molar-refractivity contribution in [3.8, 4) is 0 Å². The molecule has 0 heterocycles. The molecule has 20 heavy (non-hydrogen) atoms. The van der Waals surface area contributed by atoms with Gasteiger partial charge in [-0.15, -0.1) is 0 Å². The van der Waals surface area contributed by atoms with Crippen LogP contribution in [0.5, 0.6) is 0 Å². The Bertz CT molecular complexity index is 467. The molecule has 108 valence electrons. The van der Waals surface area contributed by atoms with Crippen molar-refractivity contribution in [2.75, 3.05) is 25.0 Å². The Morgan fingerprint density at radius 1 is 1.10 bits per heavy atom. The van der Waals surface area contributed by atoms with Gasteiger partial charge in [-0.3, -0.25) is 9.59 Å². The van der Waals surface area contributed by atoms with Gasteiger partial charge in [0.15, 0.2) is 0 Å². The smallest absolute Gasteiger partial charge is 0.251 e. The van der Waals surface area contributed by atoms with E-state index >= 15 is 0 Å². The molecule has 0 saturated heterocycles. The number of carbonyl (C=O) groups excluding carboxylic acids is 2. The molecular formula is C15H21N3O2. The Hall–Kier alpha value is -2.04. The first kappa shape index (κ1) is 14.4.